The molecule has 1 aromatic rings. The highest BCUT2D eigenvalue weighted by Gasteiger charge is 2.42. The second-order valence-electron chi connectivity index (χ2n) is 11.8. The van der Waals surface area contributed by atoms with E-state index < -0.39 is 9.84 Å². The molecule has 4 atom stereocenters. The summed E-state index contributed by atoms with van der Waals surface area (Å²) in [6, 6.07) is 3.23. The van der Waals surface area contributed by atoms with Gasteiger partial charge in [-0.15, -0.1) is 0 Å². The first-order chi connectivity index (χ1) is 18.0. The number of sulfone groups is 1. The van der Waals surface area contributed by atoms with E-state index in [1.165, 1.54) is 88.8 Å². The predicted molar refractivity (Wildman–Crippen MR) is 146 cm³/mol. The van der Waals surface area contributed by atoms with Crippen molar-refractivity contribution in [3.8, 4) is 5.88 Å². The Kier molecular flexibility index (Phi) is 8.89. The molecule has 0 N–H and O–H groups in total. The van der Waals surface area contributed by atoms with E-state index in [1.54, 1.807) is 12.1 Å². The molecule has 0 amide bonds. The summed E-state index contributed by atoms with van der Waals surface area (Å²) in [5, 5.41) is 0. The minimum atomic E-state index is -3.22. The van der Waals surface area contributed by atoms with E-state index in [9.17, 15) is 8.42 Å². The first kappa shape index (κ1) is 26.7. The van der Waals surface area contributed by atoms with E-state index in [0.717, 1.165) is 49.5 Å². The number of hydrogen-bond acceptors (Lipinski definition) is 6. The van der Waals surface area contributed by atoms with E-state index >= 15 is 0 Å². The summed E-state index contributed by atoms with van der Waals surface area (Å²) in [5.41, 5.74) is 1.32. The molecule has 204 valence electrons. The van der Waals surface area contributed by atoms with Gasteiger partial charge in [-0.25, -0.2) is 18.4 Å². The summed E-state index contributed by atoms with van der Waals surface area (Å²) in [7, 11) is -3.22. The summed E-state index contributed by atoms with van der Waals surface area (Å²) in [6.07, 6.45) is 22.5. The molecule has 3 saturated carbocycles. The van der Waals surface area contributed by atoms with Crippen LogP contribution in [0.4, 0.5) is 0 Å². The van der Waals surface area contributed by atoms with Crippen molar-refractivity contribution in [3.05, 3.63) is 30.1 Å². The molecule has 0 aromatic carbocycles. The Morgan fingerprint density at radius 1 is 0.973 bits per heavy atom. The minimum Gasteiger partial charge on any atom is -0.481 e. The fraction of sp³-hybridized carbons (Fsp3) is 0.733. The van der Waals surface area contributed by atoms with Crippen LogP contribution in [0, 0.1) is 29.6 Å². The summed E-state index contributed by atoms with van der Waals surface area (Å²) in [6.45, 7) is 1.46. The molecule has 0 radical (unpaired) electrons. The van der Waals surface area contributed by atoms with Gasteiger partial charge in [-0.1, -0.05) is 44.6 Å². The molecule has 0 spiro atoms. The smallest absolute Gasteiger partial charge is 0.213 e. The lowest BCUT2D eigenvalue weighted by molar-refractivity contribution is 0.261. The average molecular weight is 529 g/mol. The lowest BCUT2D eigenvalue weighted by Gasteiger charge is -2.28. The van der Waals surface area contributed by atoms with Crippen LogP contribution in [0.25, 0.3) is 0 Å². The summed E-state index contributed by atoms with van der Waals surface area (Å²) in [5.74, 6) is 5.15. The Morgan fingerprint density at radius 2 is 1.73 bits per heavy atom. The molecule has 0 bridgehead atoms. The van der Waals surface area contributed by atoms with E-state index in [4.69, 9.17) is 14.5 Å². The summed E-state index contributed by atoms with van der Waals surface area (Å²) >= 11 is 0. The predicted octanol–water partition coefficient (Wildman–Crippen LogP) is 6.76. The van der Waals surface area contributed by atoms with Crippen LogP contribution >= 0.6 is 0 Å². The second-order valence-corrected chi connectivity index (χ2v) is 13.8. The third-order valence-corrected chi connectivity index (χ3v) is 10.1. The van der Waals surface area contributed by atoms with Crippen LogP contribution in [-0.2, 0) is 14.6 Å². The van der Waals surface area contributed by atoms with Crippen molar-refractivity contribution in [2.24, 2.45) is 34.6 Å². The van der Waals surface area contributed by atoms with Crippen LogP contribution < -0.4 is 4.74 Å². The highest BCUT2D eigenvalue weighted by molar-refractivity contribution is 7.90. The normalized spacial score (nSPS) is 29.6. The zero-order valence-corrected chi connectivity index (χ0v) is 23.3. The Hall–Kier alpha value is -1.89. The van der Waals surface area contributed by atoms with Gasteiger partial charge < -0.3 is 9.47 Å². The lowest BCUT2D eigenvalue weighted by Crippen LogP contribution is -2.22. The fourth-order valence-corrected chi connectivity index (χ4v) is 7.00. The van der Waals surface area contributed by atoms with E-state index in [1.807, 2.05) is 0 Å². The van der Waals surface area contributed by atoms with Gasteiger partial charge in [0.2, 0.25) is 5.88 Å². The fourth-order valence-electron chi connectivity index (χ4n) is 6.44. The van der Waals surface area contributed by atoms with Crippen LogP contribution in [0.5, 0.6) is 5.88 Å². The molecule has 1 aromatic heterocycles. The summed E-state index contributed by atoms with van der Waals surface area (Å²) < 4.78 is 35.3. The van der Waals surface area contributed by atoms with Crippen molar-refractivity contribution in [1.29, 1.82) is 0 Å². The van der Waals surface area contributed by atoms with E-state index in [0.29, 0.717) is 24.3 Å². The molecule has 37 heavy (non-hydrogen) atoms. The largest absolute Gasteiger partial charge is 0.481 e. The molecule has 2 heterocycles. The average Bonchev–Trinajstić information content (AvgIpc) is 3.56. The van der Waals surface area contributed by atoms with Gasteiger partial charge in [-0.3, -0.25) is 0 Å². The van der Waals surface area contributed by atoms with Crippen LogP contribution in [-0.4, -0.2) is 38.8 Å². The maximum absolute atomic E-state index is 11.6. The van der Waals surface area contributed by atoms with Crippen molar-refractivity contribution >= 4 is 15.7 Å². The molecule has 4 aliphatic rings. The van der Waals surface area contributed by atoms with Crippen molar-refractivity contribution < 1.29 is 17.9 Å². The number of aromatic nitrogens is 1. The monoisotopic (exact) mass is 528 g/mol. The van der Waals surface area contributed by atoms with Gasteiger partial charge in [-0.05, 0) is 75.2 Å². The highest BCUT2D eigenvalue weighted by Crippen LogP contribution is 2.50. The second kappa shape index (κ2) is 12.3. The van der Waals surface area contributed by atoms with Crippen LogP contribution in [0.2, 0.25) is 0 Å². The first-order valence-corrected chi connectivity index (χ1v) is 16.6. The molecular formula is C30H44N2O4S. The quantitative estimate of drug-likeness (QED) is 0.372. The highest BCUT2D eigenvalue weighted by atomic mass is 32.2. The third-order valence-electron chi connectivity index (χ3n) is 9.03. The van der Waals surface area contributed by atoms with Crippen LogP contribution in [0.3, 0.4) is 0 Å². The number of aliphatic imine (C=N–C) groups is 1. The van der Waals surface area contributed by atoms with Crippen LogP contribution in [0.1, 0.15) is 89.9 Å². The maximum Gasteiger partial charge on any atom is 0.213 e. The van der Waals surface area contributed by atoms with Gasteiger partial charge in [0.05, 0.1) is 18.1 Å². The standard InChI is InChI=1S/C30H44N2O4S/c1-37(33,34)26-15-16-29(31-21-26)35-19-17-25-20-27(25)22-8-2-3-9-24(13-6-10-22)30-32-28(23-11-7-12-23)14-4-5-18-36-30/h14-16,21-25,27H,2-13,17-20H2,1H3. The third kappa shape index (κ3) is 7.36. The van der Waals surface area contributed by atoms with Crippen molar-refractivity contribution in [1.82, 2.24) is 4.98 Å². The SMILES string of the molecule is CS(=O)(=O)c1ccc(OCCC2CC2C2CCCCC(C3=NC(C4CCC4)=CCCCO3)CCC2)nc1. The number of rotatable bonds is 8. The Balaban J connectivity index is 1.08. The van der Waals surface area contributed by atoms with Crippen molar-refractivity contribution in [2.75, 3.05) is 19.5 Å². The van der Waals surface area contributed by atoms with Gasteiger partial charge in [0.15, 0.2) is 15.7 Å². The van der Waals surface area contributed by atoms with Crippen molar-refractivity contribution in [3.63, 3.8) is 0 Å². The van der Waals surface area contributed by atoms with Crippen LogP contribution in [0.15, 0.2) is 40.0 Å². The van der Waals surface area contributed by atoms with Gasteiger partial charge in [-0.2, -0.15) is 0 Å². The molecule has 6 nitrogen and oxygen atoms in total. The number of nitrogens with zero attached hydrogens (tertiary/aromatic N) is 2. The number of hydrogen-bond donors (Lipinski definition) is 0. The zero-order valence-electron chi connectivity index (χ0n) is 22.4. The number of pyridine rings is 1. The molecule has 4 unspecified atom stereocenters. The zero-order chi connectivity index (χ0) is 25.7. The molecule has 1 aliphatic heterocycles. The Morgan fingerprint density at radius 3 is 2.49 bits per heavy atom. The molecule has 5 rings (SSSR count). The molecule has 3 fully saturated rings. The van der Waals surface area contributed by atoms with Gasteiger partial charge in [0, 0.05) is 36.1 Å². The number of ether oxygens (including phenoxy) is 2. The molecule has 3 aliphatic carbocycles. The molecule has 0 saturated heterocycles. The van der Waals surface area contributed by atoms with Gasteiger partial charge >= 0.3 is 0 Å². The van der Waals surface area contributed by atoms with E-state index in [2.05, 4.69) is 11.1 Å². The molecular weight excluding hydrogens is 484 g/mol. The Bertz CT molecular complexity index is 1060. The van der Waals surface area contributed by atoms with Crippen molar-refractivity contribution in [2.45, 2.75) is 94.8 Å². The van der Waals surface area contributed by atoms with E-state index in [-0.39, 0.29) is 4.90 Å². The lowest BCUT2D eigenvalue weighted by atomic mass is 9.82. The minimum absolute atomic E-state index is 0.230. The van der Waals surface area contributed by atoms with Gasteiger partial charge in [0.1, 0.15) is 0 Å². The number of allylic oxidation sites excluding steroid dienone is 2. The molecule has 7 heteroatoms. The maximum atomic E-state index is 11.6. The van der Waals surface area contributed by atoms with Gasteiger partial charge in [0.25, 0.3) is 0 Å². The first-order valence-electron chi connectivity index (χ1n) is 14.7. The Labute approximate surface area is 223 Å². The topological polar surface area (TPSA) is 77.9 Å². The summed E-state index contributed by atoms with van der Waals surface area (Å²) in [4.78, 5) is 9.53.